The third-order valence-corrected chi connectivity index (χ3v) is 5.04. The molecule has 0 unspecified atom stereocenters. The number of sulfonamides is 1. The molecule has 0 aliphatic heterocycles. The Balaban J connectivity index is 2.82. The van der Waals surface area contributed by atoms with Crippen molar-refractivity contribution in [3.8, 4) is 0 Å². The van der Waals surface area contributed by atoms with Crippen LogP contribution in [0.5, 0.6) is 0 Å². The summed E-state index contributed by atoms with van der Waals surface area (Å²) < 4.78 is 26.2. The van der Waals surface area contributed by atoms with Gasteiger partial charge in [-0.3, -0.25) is 0 Å². The first-order chi connectivity index (χ1) is 8.89. The highest BCUT2D eigenvalue weighted by molar-refractivity contribution is 7.88. The summed E-state index contributed by atoms with van der Waals surface area (Å²) in [6.45, 7) is 7.00. The lowest BCUT2D eigenvalue weighted by molar-refractivity contribution is 0.380. The van der Waals surface area contributed by atoms with E-state index in [1.807, 2.05) is 45.0 Å². The Kier molecular flexibility index (Phi) is 6.30. The maximum Gasteiger partial charge on any atom is 0.218 e. The number of benzene rings is 1. The number of alkyl halides is 1. The number of hydrogen-bond donors (Lipinski definition) is 0. The summed E-state index contributed by atoms with van der Waals surface area (Å²) in [6, 6.07) is 7.41. The molecule has 0 saturated carbocycles. The van der Waals surface area contributed by atoms with Gasteiger partial charge in [0.25, 0.3) is 0 Å². The average molecular weight is 304 g/mol. The van der Waals surface area contributed by atoms with E-state index < -0.39 is 10.0 Å². The van der Waals surface area contributed by atoms with Crippen molar-refractivity contribution in [1.29, 1.82) is 0 Å². The zero-order valence-electron chi connectivity index (χ0n) is 11.8. The van der Waals surface area contributed by atoms with Crippen molar-refractivity contribution >= 4 is 21.6 Å². The van der Waals surface area contributed by atoms with E-state index in [0.717, 1.165) is 11.1 Å². The van der Waals surface area contributed by atoms with Crippen LogP contribution in [0.1, 0.15) is 31.9 Å². The topological polar surface area (TPSA) is 37.4 Å². The van der Waals surface area contributed by atoms with Gasteiger partial charge in [0.2, 0.25) is 10.0 Å². The lowest BCUT2D eigenvalue weighted by Gasteiger charge is -2.22. The van der Waals surface area contributed by atoms with Gasteiger partial charge in [-0.15, -0.1) is 11.6 Å². The molecule has 19 heavy (non-hydrogen) atoms. The van der Waals surface area contributed by atoms with E-state index in [9.17, 15) is 8.42 Å². The first-order valence-corrected chi connectivity index (χ1v) is 8.65. The molecule has 0 atom stereocenters. The molecule has 0 amide bonds. The molecule has 0 aromatic heterocycles. The van der Waals surface area contributed by atoms with Crippen molar-refractivity contribution in [2.24, 2.45) is 5.92 Å². The molecule has 0 heterocycles. The molecule has 1 rings (SSSR count). The standard InChI is InChI=1S/C14H22ClNO2S/c1-4-16(10-12(2)3)19(17,18)11-14-7-5-13(9-15)6-8-14/h5-8,12H,4,9-11H2,1-3H3. The van der Waals surface area contributed by atoms with Crippen molar-refractivity contribution in [2.45, 2.75) is 32.4 Å². The van der Waals surface area contributed by atoms with E-state index in [1.54, 1.807) is 4.31 Å². The Morgan fingerprint density at radius 3 is 2.11 bits per heavy atom. The van der Waals surface area contributed by atoms with Gasteiger partial charge in [-0.05, 0) is 17.0 Å². The minimum absolute atomic E-state index is 0.0517. The predicted molar refractivity (Wildman–Crippen MR) is 80.7 cm³/mol. The summed E-state index contributed by atoms with van der Waals surface area (Å²) >= 11 is 5.72. The fourth-order valence-corrected chi connectivity index (χ4v) is 3.77. The fourth-order valence-electron chi connectivity index (χ4n) is 1.87. The van der Waals surface area contributed by atoms with E-state index in [4.69, 9.17) is 11.6 Å². The van der Waals surface area contributed by atoms with Crippen LogP contribution in [0.2, 0.25) is 0 Å². The number of hydrogen-bond acceptors (Lipinski definition) is 2. The van der Waals surface area contributed by atoms with Crippen LogP contribution >= 0.6 is 11.6 Å². The molecule has 108 valence electrons. The highest BCUT2D eigenvalue weighted by Gasteiger charge is 2.21. The van der Waals surface area contributed by atoms with E-state index in [0.29, 0.717) is 24.9 Å². The second kappa shape index (κ2) is 7.27. The average Bonchev–Trinajstić information content (AvgIpc) is 2.36. The molecular weight excluding hydrogens is 282 g/mol. The van der Waals surface area contributed by atoms with E-state index >= 15 is 0 Å². The normalized spacial score (nSPS) is 12.3. The van der Waals surface area contributed by atoms with Crippen molar-refractivity contribution < 1.29 is 8.42 Å². The van der Waals surface area contributed by atoms with E-state index in [2.05, 4.69) is 0 Å². The third-order valence-electron chi connectivity index (χ3n) is 2.84. The van der Waals surface area contributed by atoms with Gasteiger partial charge in [-0.1, -0.05) is 45.0 Å². The first-order valence-electron chi connectivity index (χ1n) is 6.50. The Morgan fingerprint density at radius 1 is 1.16 bits per heavy atom. The quantitative estimate of drug-likeness (QED) is 0.725. The third kappa shape index (κ3) is 5.13. The smallest absolute Gasteiger partial charge is 0.212 e. The van der Waals surface area contributed by atoms with E-state index in [-0.39, 0.29) is 5.75 Å². The molecule has 1 aromatic carbocycles. The van der Waals surface area contributed by atoms with Crippen molar-refractivity contribution in [3.05, 3.63) is 35.4 Å². The van der Waals surface area contributed by atoms with Gasteiger partial charge in [0, 0.05) is 19.0 Å². The van der Waals surface area contributed by atoms with Crippen LogP contribution in [0.15, 0.2) is 24.3 Å². The second-order valence-electron chi connectivity index (χ2n) is 5.05. The monoisotopic (exact) mass is 303 g/mol. The van der Waals surface area contributed by atoms with Gasteiger partial charge in [-0.25, -0.2) is 12.7 Å². The van der Waals surface area contributed by atoms with Gasteiger partial charge in [-0.2, -0.15) is 0 Å². The van der Waals surface area contributed by atoms with Crippen molar-refractivity contribution in [2.75, 3.05) is 13.1 Å². The highest BCUT2D eigenvalue weighted by atomic mass is 35.5. The summed E-state index contributed by atoms with van der Waals surface area (Å²) in [5.41, 5.74) is 1.80. The van der Waals surface area contributed by atoms with Gasteiger partial charge >= 0.3 is 0 Å². The maximum absolute atomic E-state index is 12.3. The van der Waals surface area contributed by atoms with Crippen LogP contribution in [-0.2, 0) is 21.7 Å². The molecule has 0 N–H and O–H groups in total. The highest BCUT2D eigenvalue weighted by Crippen LogP contribution is 2.14. The summed E-state index contributed by atoms with van der Waals surface area (Å²) in [7, 11) is -3.24. The van der Waals surface area contributed by atoms with Crippen LogP contribution in [-0.4, -0.2) is 25.8 Å². The molecule has 0 aliphatic carbocycles. The van der Waals surface area contributed by atoms with Crippen LogP contribution in [0.4, 0.5) is 0 Å². The lowest BCUT2D eigenvalue weighted by Crippen LogP contribution is -2.34. The molecule has 5 heteroatoms. The SMILES string of the molecule is CCN(CC(C)C)S(=O)(=O)Cc1ccc(CCl)cc1. The Labute approximate surface area is 121 Å². The lowest BCUT2D eigenvalue weighted by atomic mass is 10.2. The molecule has 1 aromatic rings. The van der Waals surface area contributed by atoms with Gasteiger partial charge in [0.15, 0.2) is 0 Å². The zero-order chi connectivity index (χ0) is 14.5. The summed E-state index contributed by atoms with van der Waals surface area (Å²) in [4.78, 5) is 0. The van der Waals surface area contributed by atoms with Crippen LogP contribution in [0.3, 0.4) is 0 Å². The molecule has 0 saturated heterocycles. The maximum atomic E-state index is 12.3. The van der Waals surface area contributed by atoms with Gasteiger partial charge in [0.05, 0.1) is 5.75 Å². The Hall–Kier alpha value is -0.580. The minimum atomic E-state index is -3.24. The van der Waals surface area contributed by atoms with Gasteiger partial charge in [0.1, 0.15) is 0 Å². The number of rotatable bonds is 7. The minimum Gasteiger partial charge on any atom is -0.212 e. The molecular formula is C14H22ClNO2S. The molecule has 0 spiro atoms. The molecule has 0 fully saturated rings. The first kappa shape index (κ1) is 16.5. The summed E-state index contributed by atoms with van der Waals surface area (Å²) in [5, 5.41) is 0. The van der Waals surface area contributed by atoms with Crippen LogP contribution in [0.25, 0.3) is 0 Å². The molecule has 3 nitrogen and oxygen atoms in total. The molecule has 0 radical (unpaired) electrons. The number of nitrogens with zero attached hydrogens (tertiary/aromatic N) is 1. The predicted octanol–water partition coefficient (Wildman–Crippen LogP) is 3.23. The van der Waals surface area contributed by atoms with Gasteiger partial charge < -0.3 is 0 Å². The zero-order valence-corrected chi connectivity index (χ0v) is 13.3. The van der Waals surface area contributed by atoms with Crippen LogP contribution in [0, 0.1) is 5.92 Å². The summed E-state index contributed by atoms with van der Waals surface area (Å²) in [5.74, 6) is 0.825. The fraction of sp³-hybridized carbons (Fsp3) is 0.571. The summed E-state index contributed by atoms with van der Waals surface area (Å²) in [6.07, 6.45) is 0. The largest absolute Gasteiger partial charge is 0.218 e. The Bertz CT molecular complexity index is 483. The van der Waals surface area contributed by atoms with Crippen molar-refractivity contribution in [1.82, 2.24) is 4.31 Å². The molecule has 0 bridgehead atoms. The second-order valence-corrected chi connectivity index (χ2v) is 7.29. The van der Waals surface area contributed by atoms with E-state index in [1.165, 1.54) is 0 Å². The van der Waals surface area contributed by atoms with Crippen LogP contribution < -0.4 is 0 Å². The number of halogens is 1. The van der Waals surface area contributed by atoms with Crippen molar-refractivity contribution in [3.63, 3.8) is 0 Å². The molecule has 0 aliphatic rings. The Morgan fingerprint density at radius 2 is 1.68 bits per heavy atom.